The lowest BCUT2D eigenvalue weighted by Crippen LogP contribution is -2.55. The summed E-state index contributed by atoms with van der Waals surface area (Å²) >= 11 is 0. The maximum atomic E-state index is 12.2. The number of nitrogens with zero attached hydrogens (tertiary/aromatic N) is 2. The minimum atomic E-state index is -0.488. The second kappa shape index (κ2) is 8.71. The number of carbonyl (C=O) groups is 1. The minimum absolute atomic E-state index is 0.0410. The Morgan fingerprint density at radius 2 is 2.12 bits per heavy atom. The van der Waals surface area contributed by atoms with Gasteiger partial charge in [0.2, 0.25) is 0 Å². The molecule has 0 aliphatic carbocycles. The van der Waals surface area contributed by atoms with E-state index in [0.29, 0.717) is 30.7 Å². The number of pyridine rings is 1. The molecule has 146 valence electrons. The molecule has 1 aliphatic heterocycles. The molecule has 1 aromatic rings. The summed E-state index contributed by atoms with van der Waals surface area (Å²) in [5.41, 5.74) is 0.610. The SMILES string of the molecule is C[C@H](CCO)[C@H](C)c1cncc(OC[C@@H]2CCN2C(=O)OC(C)(C)C)c1. The van der Waals surface area contributed by atoms with Crippen LogP contribution in [0.4, 0.5) is 4.79 Å². The van der Waals surface area contributed by atoms with E-state index in [1.54, 1.807) is 11.1 Å². The number of hydrogen-bond donors (Lipinski definition) is 1. The van der Waals surface area contributed by atoms with Crippen LogP contribution in [0.25, 0.3) is 0 Å². The van der Waals surface area contributed by atoms with E-state index in [2.05, 4.69) is 18.8 Å². The van der Waals surface area contributed by atoms with Crippen molar-refractivity contribution in [1.82, 2.24) is 9.88 Å². The van der Waals surface area contributed by atoms with Gasteiger partial charge in [0, 0.05) is 19.3 Å². The lowest BCUT2D eigenvalue weighted by molar-refractivity contribution is -0.0141. The number of amides is 1. The molecule has 0 unspecified atom stereocenters. The third-order valence-electron chi connectivity index (χ3n) is 4.91. The predicted octanol–water partition coefficient (Wildman–Crippen LogP) is 3.59. The summed E-state index contributed by atoms with van der Waals surface area (Å²) < 4.78 is 11.3. The zero-order valence-electron chi connectivity index (χ0n) is 16.6. The lowest BCUT2D eigenvalue weighted by Gasteiger charge is -2.41. The highest BCUT2D eigenvalue weighted by Gasteiger charge is 2.35. The van der Waals surface area contributed by atoms with Crippen molar-refractivity contribution in [3.8, 4) is 5.75 Å². The average molecular weight is 364 g/mol. The van der Waals surface area contributed by atoms with Crippen LogP contribution in [0, 0.1) is 5.92 Å². The summed E-state index contributed by atoms with van der Waals surface area (Å²) in [4.78, 5) is 18.2. The quantitative estimate of drug-likeness (QED) is 0.800. The molecule has 1 aliphatic rings. The fourth-order valence-corrected chi connectivity index (χ4v) is 2.91. The molecule has 0 saturated carbocycles. The first-order chi connectivity index (χ1) is 12.2. The van der Waals surface area contributed by atoms with Crippen LogP contribution in [0.3, 0.4) is 0 Å². The highest BCUT2D eigenvalue weighted by Crippen LogP contribution is 2.28. The van der Waals surface area contributed by atoms with E-state index < -0.39 is 5.60 Å². The molecule has 1 amide bonds. The molecule has 2 rings (SSSR count). The van der Waals surface area contributed by atoms with Gasteiger partial charge in [-0.2, -0.15) is 0 Å². The summed E-state index contributed by atoms with van der Waals surface area (Å²) in [6, 6.07) is 2.04. The standard InChI is InChI=1S/C20H32N2O4/c1-14(7-9-23)15(2)16-10-18(12-21-11-16)25-13-17-6-8-22(17)19(24)26-20(3,4)5/h10-12,14-15,17,23H,6-9,13H2,1-5H3/t14-,15+,17+/m1/s1. The van der Waals surface area contributed by atoms with Crippen molar-refractivity contribution in [3.05, 3.63) is 24.0 Å². The van der Waals surface area contributed by atoms with Crippen molar-refractivity contribution in [2.75, 3.05) is 19.8 Å². The normalized spacial score (nSPS) is 19.5. The number of aromatic nitrogens is 1. The summed E-state index contributed by atoms with van der Waals surface area (Å²) in [5.74, 6) is 1.37. The zero-order valence-corrected chi connectivity index (χ0v) is 16.6. The second-order valence-corrected chi connectivity index (χ2v) is 8.16. The smallest absolute Gasteiger partial charge is 0.410 e. The molecule has 0 spiro atoms. The molecule has 0 bridgehead atoms. The Morgan fingerprint density at radius 3 is 2.69 bits per heavy atom. The number of ether oxygens (including phenoxy) is 2. The fraction of sp³-hybridized carbons (Fsp3) is 0.700. The number of hydrogen-bond acceptors (Lipinski definition) is 5. The Labute approximate surface area is 156 Å². The van der Waals surface area contributed by atoms with Gasteiger partial charge in [0.05, 0.1) is 12.2 Å². The van der Waals surface area contributed by atoms with E-state index >= 15 is 0 Å². The van der Waals surface area contributed by atoms with Crippen LogP contribution in [0.1, 0.15) is 58.9 Å². The molecule has 0 aromatic carbocycles. The van der Waals surface area contributed by atoms with Gasteiger partial charge in [-0.05, 0) is 57.1 Å². The van der Waals surface area contributed by atoms with Crippen LogP contribution in [0.2, 0.25) is 0 Å². The van der Waals surface area contributed by atoms with Crippen molar-refractivity contribution in [1.29, 1.82) is 0 Å². The third-order valence-corrected chi connectivity index (χ3v) is 4.91. The molecular weight excluding hydrogens is 332 g/mol. The number of carbonyl (C=O) groups excluding carboxylic acids is 1. The highest BCUT2D eigenvalue weighted by atomic mass is 16.6. The van der Waals surface area contributed by atoms with E-state index in [9.17, 15) is 4.79 Å². The van der Waals surface area contributed by atoms with Crippen LogP contribution in [0.5, 0.6) is 5.75 Å². The van der Waals surface area contributed by atoms with Crippen molar-refractivity contribution in [2.24, 2.45) is 5.92 Å². The molecule has 0 radical (unpaired) electrons. The largest absolute Gasteiger partial charge is 0.490 e. The first kappa shape index (κ1) is 20.5. The van der Waals surface area contributed by atoms with E-state index in [1.165, 1.54) is 0 Å². The van der Waals surface area contributed by atoms with Gasteiger partial charge in [-0.1, -0.05) is 13.8 Å². The second-order valence-electron chi connectivity index (χ2n) is 8.16. The Kier molecular flexibility index (Phi) is 6.87. The Bertz CT molecular complexity index is 600. The minimum Gasteiger partial charge on any atom is -0.490 e. The number of aliphatic hydroxyl groups is 1. The molecule has 1 fully saturated rings. The first-order valence-electron chi connectivity index (χ1n) is 9.39. The lowest BCUT2D eigenvalue weighted by atomic mass is 9.88. The third kappa shape index (κ3) is 5.59. The fourth-order valence-electron chi connectivity index (χ4n) is 2.91. The van der Waals surface area contributed by atoms with E-state index in [1.807, 2.05) is 33.0 Å². The van der Waals surface area contributed by atoms with Gasteiger partial charge in [0.25, 0.3) is 0 Å². The van der Waals surface area contributed by atoms with Gasteiger partial charge in [-0.15, -0.1) is 0 Å². The molecule has 3 atom stereocenters. The van der Waals surface area contributed by atoms with Crippen molar-refractivity contribution in [3.63, 3.8) is 0 Å². The van der Waals surface area contributed by atoms with Gasteiger partial charge in [-0.3, -0.25) is 4.98 Å². The summed E-state index contributed by atoms with van der Waals surface area (Å²) in [7, 11) is 0. The average Bonchev–Trinajstić information content (AvgIpc) is 2.52. The van der Waals surface area contributed by atoms with Gasteiger partial charge >= 0.3 is 6.09 Å². The monoisotopic (exact) mass is 364 g/mol. The molecule has 6 nitrogen and oxygen atoms in total. The van der Waals surface area contributed by atoms with Crippen LogP contribution in [-0.4, -0.2) is 52.5 Å². The van der Waals surface area contributed by atoms with Crippen molar-refractivity contribution >= 4 is 6.09 Å². The van der Waals surface area contributed by atoms with Crippen molar-refractivity contribution < 1.29 is 19.4 Å². The Hall–Kier alpha value is -1.82. The first-order valence-corrected chi connectivity index (χ1v) is 9.39. The van der Waals surface area contributed by atoms with E-state index in [0.717, 1.165) is 18.4 Å². The van der Waals surface area contributed by atoms with Gasteiger partial charge < -0.3 is 19.5 Å². The molecule has 26 heavy (non-hydrogen) atoms. The van der Waals surface area contributed by atoms with Crippen LogP contribution in [-0.2, 0) is 4.74 Å². The summed E-state index contributed by atoms with van der Waals surface area (Å²) in [5, 5.41) is 9.12. The number of rotatable bonds is 7. The maximum Gasteiger partial charge on any atom is 0.410 e. The van der Waals surface area contributed by atoms with Crippen LogP contribution in [0.15, 0.2) is 18.5 Å². The maximum absolute atomic E-state index is 12.2. The van der Waals surface area contributed by atoms with Gasteiger partial charge in [0.15, 0.2) is 0 Å². The number of aliphatic hydroxyl groups excluding tert-OH is 1. The van der Waals surface area contributed by atoms with Crippen LogP contribution >= 0.6 is 0 Å². The molecule has 1 N–H and O–H groups in total. The number of likely N-dealkylation sites (tertiary alicyclic amines) is 1. The molecule has 1 saturated heterocycles. The Morgan fingerprint density at radius 1 is 1.38 bits per heavy atom. The highest BCUT2D eigenvalue weighted by molar-refractivity contribution is 5.69. The van der Waals surface area contributed by atoms with Crippen LogP contribution < -0.4 is 4.74 Å². The molecule has 6 heteroatoms. The predicted molar refractivity (Wildman–Crippen MR) is 100 cm³/mol. The van der Waals surface area contributed by atoms with E-state index in [4.69, 9.17) is 14.6 Å². The molecule has 2 heterocycles. The Balaban J connectivity index is 1.90. The van der Waals surface area contributed by atoms with E-state index in [-0.39, 0.29) is 18.7 Å². The summed E-state index contributed by atoms with van der Waals surface area (Å²) in [6.07, 6.45) is 4.94. The zero-order chi connectivity index (χ0) is 19.3. The van der Waals surface area contributed by atoms with Gasteiger partial charge in [-0.25, -0.2) is 4.79 Å². The summed E-state index contributed by atoms with van der Waals surface area (Å²) in [6.45, 7) is 11.2. The van der Waals surface area contributed by atoms with Gasteiger partial charge in [0.1, 0.15) is 18.0 Å². The molecule has 1 aromatic heterocycles. The molecular formula is C20H32N2O4. The van der Waals surface area contributed by atoms with Crippen molar-refractivity contribution in [2.45, 2.75) is 65.0 Å². The topological polar surface area (TPSA) is 71.9 Å².